The van der Waals surface area contributed by atoms with Gasteiger partial charge in [0.15, 0.2) is 0 Å². The molecule has 5 heteroatoms. The van der Waals surface area contributed by atoms with Gasteiger partial charge in [-0.25, -0.2) is 0 Å². The Bertz CT molecular complexity index is 631. The number of carbonyl (C=O) groups is 1. The van der Waals surface area contributed by atoms with E-state index in [0.717, 1.165) is 26.3 Å². The summed E-state index contributed by atoms with van der Waals surface area (Å²) >= 11 is 4.87. The summed E-state index contributed by atoms with van der Waals surface area (Å²) in [6.45, 7) is 1.96. The fourth-order valence-corrected chi connectivity index (χ4v) is 2.84. The quantitative estimate of drug-likeness (QED) is 0.645. The minimum absolute atomic E-state index is 0.0254. The van der Waals surface area contributed by atoms with Crippen molar-refractivity contribution in [2.45, 2.75) is 11.8 Å². The SMILES string of the molecule is Cc1cc(SCC(=O)Nc2cccc(Br)c2)ccc1N. The average molecular weight is 351 g/mol. The second kappa shape index (κ2) is 6.81. The molecule has 2 rings (SSSR count). The predicted octanol–water partition coefficient (Wildman–Crippen LogP) is 4.07. The summed E-state index contributed by atoms with van der Waals surface area (Å²) in [6.07, 6.45) is 0. The third kappa shape index (κ3) is 4.28. The van der Waals surface area contributed by atoms with Crippen molar-refractivity contribution < 1.29 is 4.79 Å². The molecule has 0 bridgehead atoms. The van der Waals surface area contributed by atoms with Crippen LogP contribution in [0, 0.1) is 6.92 Å². The molecule has 104 valence electrons. The number of nitrogen functional groups attached to an aromatic ring is 1. The Morgan fingerprint density at radius 1 is 1.30 bits per heavy atom. The zero-order valence-corrected chi connectivity index (χ0v) is 13.4. The summed E-state index contributed by atoms with van der Waals surface area (Å²) in [5.41, 5.74) is 8.36. The lowest BCUT2D eigenvalue weighted by Crippen LogP contribution is -2.13. The van der Waals surface area contributed by atoms with Crippen molar-refractivity contribution in [3.05, 3.63) is 52.5 Å². The molecule has 0 saturated heterocycles. The van der Waals surface area contributed by atoms with Gasteiger partial charge in [-0.2, -0.15) is 0 Å². The number of anilines is 2. The van der Waals surface area contributed by atoms with Gasteiger partial charge in [0.2, 0.25) is 5.91 Å². The molecule has 0 radical (unpaired) electrons. The summed E-state index contributed by atoms with van der Waals surface area (Å²) in [7, 11) is 0. The highest BCUT2D eigenvalue weighted by Crippen LogP contribution is 2.23. The van der Waals surface area contributed by atoms with Crippen LogP contribution in [0.4, 0.5) is 11.4 Å². The Hall–Kier alpha value is -1.46. The van der Waals surface area contributed by atoms with Crippen LogP contribution in [-0.4, -0.2) is 11.7 Å². The van der Waals surface area contributed by atoms with E-state index in [-0.39, 0.29) is 5.91 Å². The Kier molecular flexibility index (Phi) is 5.09. The van der Waals surface area contributed by atoms with Gasteiger partial charge in [0.1, 0.15) is 0 Å². The van der Waals surface area contributed by atoms with Crippen molar-refractivity contribution in [1.82, 2.24) is 0 Å². The van der Waals surface area contributed by atoms with Crippen molar-refractivity contribution in [2.24, 2.45) is 0 Å². The second-order valence-corrected chi connectivity index (χ2v) is 6.33. The molecule has 0 aromatic heterocycles. The van der Waals surface area contributed by atoms with Crippen LogP contribution in [0.1, 0.15) is 5.56 Å². The summed E-state index contributed by atoms with van der Waals surface area (Å²) < 4.78 is 0.942. The maximum absolute atomic E-state index is 11.9. The molecule has 0 spiro atoms. The molecule has 0 aliphatic carbocycles. The van der Waals surface area contributed by atoms with Crippen LogP contribution in [0.5, 0.6) is 0 Å². The van der Waals surface area contributed by atoms with Gasteiger partial charge in [0.25, 0.3) is 0 Å². The monoisotopic (exact) mass is 350 g/mol. The summed E-state index contributed by atoms with van der Waals surface area (Å²) in [4.78, 5) is 12.9. The zero-order chi connectivity index (χ0) is 14.5. The van der Waals surface area contributed by atoms with E-state index in [2.05, 4.69) is 21.2 Å². The van der Waals surface area contributed by atoms with Crippen LogP contribution in [-0.2, 0) is 4.79 Å². The van der Waals surface area contributed by atoms with E-state index in [4.69, 9.17) is 5.73 Å². The minimum Gasteiger partial charge on any atom is -0.399 e. The number of benzene rings is 2. The largest absolute Gasteiger partial charge is 0.399 e. The lowest BCUT2D eigenvalue weighted by molar-refractivity contribution is -0.113. The van der Waals surface area contributed by atoms with Crippen LogP contribution in [0.2, 0.25) is 0 Å². The number of nitrogens with one attached hydrogen (secondary N) is 1. The average Bonchev–Trinajstić information content (AvgIpc) is 2.40. The van der Waals surface area contributed by atoms with Gasteiger partial charge in [-0.15, -0.1) is 11.8 Å². The van der Waals surface area contributed by atoms with Crippen molar-refractivity contribution >= 4 is 45.0 Å². The highest BCUT2D eigenvalue weighted by atomic mass is 79.9. The fraction of sp³-hybridized carbons (Fsp3) is 0.133. The standard InChI is InChI=1S/C15H15BrN2OS/c1-10-7-13(5-6-14(10)17)20-9-15(19)18-12-4-2-3-11(16)8-12/h2-8H,9,17H2,1H3,(H,18,19). The van der Waals surface area contributed by atoms with Crippen LogP contribution in [0.25, 0.3) is 0 Å². The molecule has 1 amide bonds. The summed E-state index contributed by atoms with van der Waals surface area (Å²) in [5.74, 6) is 0.346. The van der Waals surface area contributed by atoms with Crippen molar-refractivity contribution in [1.29, 1.82) is 0 Å². The van der Waals surface area contributed by atoms with E-state index in [1.54, 1.807) is 0 Å². The molecule has 3 nitrogen and oxygen atoms in total. The number of amides is 1. The summed E-state index contributed by atoms with van der Waals surface area (Å²) in [5, 5.41) is 2.86. The Morgan fingerprint density at radius 2 is 2.10 bits per heavy atom. The van der Waals surface area contributed by atoms with Gasteiger partial charge in [0.05, 0.1) is 5.75 Å². The molecule has 0 heterocycles. The van der Waals surface area contributed by atoms with E-state index in [1.165, 1.54) is 11.8 Å². The lowest BCUT2D eigenvalue weighted by Gasteiger charge is -2.07. The number of hydrogen-bond acceptors (Lipinski definition) is 3. The first-order chi connectivity index (χ1) is 9.54. The van der Waals surface area contributed by atoms with Crippen LogP contribution in [0.15, 0.2) is 51.8 Å². The number of thioether (sulfide) groups is 1. The molecule has 3 N–H and O–H groups in total. The molecule has 20 heavy (non-hydrogen) atoms. The highest BCUT2D eigenvalue weighted by molar-refractivity contribution is 9.10. The Labute approximate surface area is 131 Å². The molecule has 0 unspecified atom stereocenters. The molecule has 0 fully saturated rings. The lowest BCUT2D eigenvalue weighted by atomic mass is 10.2. The molecular formula is C15H15BrN2OS. The Balaban J connectivity index is 1.90. The molecular weight excluding hydrogens is 336 g/mol. The molecule has 2 aromatic rings. The van der Waals surface area contributed by atoms with Crippen LogP contribution < -0.4 is 11.1 Å². The molecule has 0 aliphatic heterocycles. The van der Waals surface area contributed by atoms with E-state index >= 15 is 0 Å². The third-order valence-corrected chi connectivity index (χ3v) is 4.21. The number of hydrogen-bond donors (Lipinski definition) is 2. The highest BCUT2D eigenvalue weighted by Gasteiger charge is 2.05. The molecule has 0 atom stereocenters. The number of rotatable bonds is 4. The Morgan fingerprint density at radius 3 is 2.80 bits per heavy atom. The van der Waals surface area contributed by atoms with Gasteiger partial charge < -0.3 is 11.1 Å². The molecule has 2 aromatic carbocycles. The number of carbonyl (C=O) groups excluding carboxylic acids is 1. The van der Waals surface area contributed by atoms with E-state index in [9.17, 15) is 4.79 Å². The van der Waals surface area contributed by atoms with Gasteiger partial charge in [-0.05, 0) is 48.9 Å². The zero-order valence-electron chi connectivity index (χ0n) is 11.0. The van der Waals surface area contributed by atoms with Crippen LogP contribution >= 0.6 is 27.7 Å². The van der Waals surface area contributed by atoms with Crippen molar-refractivity contribution in [3.63, 3.8) is 0 Å². The van der Waals surface area contributed by atoms with Gasteiger partial charge in [-0.1, -0.05) is 22.0 Å². The van der Waals surface area contributed by atoms with Crippen molar-refractivity contribution in [3.8, 4) is 0 Å². The first kappa shape index (κ1) is 14.9. The predicted molar refractivity (Wildman–Crippen MR) is 89.1 cm³/mol. The first-order valence-corrected chi connectivity index (χ1v) is 7.87. The smallest absolute Gasteiger partial charge is 0.234 e. The van der Waals surface area contributed by atoms with Gasteiger partial charge in [0, 0.05) is 20.7 Å². The maximum atomic E-state index is 11.9. The second-order valence-electron chi connectivity index (χ2n) is 4.37. The molecule has 0 saturated carbocycles. The molecule has 0 aliphatic rings. The number of halogens is 1. The maximum Gasteiger partial charge on any atom is 0.234 e. The fourth-order valence-electron chi connectivity index (χ4n) is 1.65. The van der Waals surface area contributed by atoms with Crippen LogP contribution in [0.3, 0.4) is 0 Å². The van der Waals surface area contributed by atoms with Crippen molar-refractivity contribution in [2.75, 3.05) is 16.8 Å². The summed E-state index contributed by atoms with van der Waals surface area (Å²) in [6, 6.07) is 13.3. The van der Waals surface area contributed by atoms with E-state index < -0.39 is 0 Å². The van der Waals surface area contributed by atoms with E-state index in [1.807, 2.05) is 49.4 Å². The third-order valence-electron chi connectivity index (χ3n) is 2.72. The normalized spacial score (nSPS) is 10.3. The van der Waals surface area contributed by atoms with Gasteiger partial charge >= 0.3 is 0 Å². The van der Waals surface area contributed by atoms with Gasteiger partial charge in [-0.3, -0.25) is 4.79 Å². The van der Waals surface area contributed by atoms with E-state index in [0.29, 0.717) is 5.75 Å². The minimum atomic E-state index is -0.0254. The topological polar surface area (TPSA) is 55.1 Å². The number of aryl methyl sites for hydroxylation is 1. The number of nitrogens with two attached hydrogens (primary N) is 1. The first-order valence-electron chi connectivity index (χ1n) is 6.09.